The Morgan fingerprint density at radius 2 is 2.35 bits per heavy atom. The number of aliphatic hydroxyl groups excluding tert-OH is 1. The molecule has 1 aliphatic heterocycles. The third-order valence-corrected chi connectivity index (χ3v) is 3.20. The minimum absolute atomic E-state index is 0.118. The van der Waals surface area contributed by atoms with Gasteiger partial charge in [-0.3, -0.25) is 0 Å². The highest BCUT2D eigenvalue weighted by atomic mass is 16.5. The van der Waals surface area contributed by atoms with Gasteiger partial charge in [0.15, 0.2) is 0 Å². The molecule has 1 aliphatic rings. The van der Waals surface area contributed by atoms with E-state index in [9.17, 15) is 0 Å². The average molecular weight is 235 g/mol. The van der Waals surface area contributed by atoms with E-state index in [-0.39, 0.29) is 18.7 Å². The Kier molecular flexibility index (Phi) is 4.02. The van der Waals surface area contributed by atoms with Gasteiger partial charge in [-0.2, -0.15) is 0 Å². The van der Waals surface area contributed by atoms with Crippen LogP contribution in [0.3, 0.4) is 0 Å². The van der Waals surface area contributed by atoms with Gasteiger partial charge in [0.2, 0.25) is 0 Å². The van der Waals surface area contributed by atoms with Crippen molar-refractivity contribution >= 4 is 0 Å². The second kappa shape index (κ2) is 5.52. The summed E-state index contributed by atoms with van der Waals surface area (Å²) in [4.78, 5) is 0. The third-order valence-electron chi connectivity index (χ3n) is 3.20. The zero-order chi connectivity index (χ0) is 12.3. The van der Waals surface area contributed by atoms with E-state index in [1.54, 1.807) is 0 Å². The fourth-order valence-electron chi connectivity index (χ4n) is 2.25. The van der Waals surface area contributed by atoms with E-state index in [0.29, 0.717) is 0 Å². The zero-order valence-electron chi connectivity index (χ0n) is 10.6. The van der Waals surface area contributed by atoms with Gasteiger partial charge in [-0.05, 0) is 38.3 Å². The molecule has 3 heteroatoms. The summed E-state index contributed by atoms with van der Waals surface area (Å²) in [6.07, 6.45) is 2.10. The second-order valence-corrected chi connectivity index (χ2v) is 4.83. The first-order chi connectivity index (χ1) is 8.20. The molecular weight excluding hydrogens is 214 g/mol. The van der Waals surface area contributed by atoms with Gasteiger partial charge >= 0.3 is 0 Å². The molecule has 3 nitrogen and oxygen atoms in total. The first kappa shape index (κ1) is 12.4. The summed E-state index contributed by atoms with van der Waals surface area (Å²) in [5.74, 6) is 0.991. The van der Waals surface area contributed by atoms with Crippen molar-refractivity contribution in [3.8, 4) is 5.75 Å². The maximum absolute atomic E-state index is 9.13. The van der Waals surface area contributed by atoms with Crippen LogP contribution >= 0.6 is 0 Å². The van der Waals surface area contributed by atoms with Crippen LogP contribution in [0.4, 0.5) is 0 Å². The molecule has 94 valence electrons. The van der Waals surface area contributed by atoms with Crippen molar-refractivity contribution in [3.05, 3.63) is 29.3 Å². The number of rotatable bonds is 3. The Labute approximate surface area is 103 Å². The Bertz CT molecular complexity index is 378. The number of aliphatic hydroxyl groups is 1. The smallest absolute Gasteiger partial charge is 0.124 e. The van der Waals surface area contributed by atoms with Crippen LogP contribution < -0.4 is 10.1 Å². The lowest BCUT2D eigenvalue weighted by atomic mass is 10.00. The summed E-state index contributed by atoms with van der Waals surface area (Å²) in [5, 5.41) is 12.6. The molecular formula is C14H21NO2. The molecule has 0 saturated heterocycles. The van der Waals surface area contributed by atoms with Crippen molar-refractivity contribution in [1.29, 1.82) is 0 Å². The van der Waals surface area contributed by atoms with Crippen molar-refractivity contribution in [1.82, 2.24) is 5.32 Å². The van der Waals surface area contributed by atoms with Crippen LogP contribution in [-0.4, -0.2) is 24.4 Å². The summed E-state index contributed by atoms with van der Waals surface area (Å²) < 4.78 is 5.77. The monoisotopic (exact) mass is 235 g/mol. The summed E-state index contributed by atoms with van der Waals surface area (Å²) in [6.45, 7) is 5.02. The Morgan fingerprint density at radius 1 is 1.53 bits per heavy atom. The molecule has 1 heterocycles. The fraction of sp³-hybridized carbons (Fsp3) is 0.571. The number of hydrogen-bond acceptors (Lipinski definition) is 3. The number of hydrogen-bond donors (Lipinski definition) is 2. The second-order valence-electron chi connectivity index (χ2n) is 4.83. The highest BCUT2D eigenvalue weighted by Crippen LogP contribution is 2.32. The van der Waals surface area contributed by atoms with Gasteiger partial charge in [0.05, 0.1) is 13.2 Å². The van der Waals surface area contributed by atoms with Crippen molar-refractivity contribution in [3.63, 3.8) is 0 Å². The lowest BCUT2D eigenvalue weighted by molar-refractivity contribution is 0.238. The molecule has 17 heavy (non-hydrogen) atoms. The van der Waals surface area contributed by atoms with E-state index in [0.717, 1.165) is 25.2 Å². The summed E-state index contributed by atoms with van der Waals surface area (Å²) >= 11 is 0. The van der Waals surface area contributed by atoms with Crippen molar-refractivity contribution in [2.24, 2.45) is 0 Å². The van der Waals surface area contributed by atoms with Crippen LogP contribution in [0.25, 0.3) is 0 Å². The van der Waals surface area contributed by atoms with Crippen LogP contribution in [0.1, 0.15) is 36.9 Å². The first-order valence-corrected chi connectivity index (χ1v) is 6.31. The SMILES string of the molecule is Cc1ccc2c(c1)OCCCC2N[C@H](C)CO. The minimum Gasteiger partial charge on any atom is -0.493 e. The topological polar surface area (TPSA) is 41.5 Å². The predicted octanol–water partition coefficient (Wildman–Crippen LogP) is 2.18. The molecule has 1 unspecified atom stereocenters. The Morgan fingerprint density at radius 3 is 3.12 bits per heavy atom. The average Bonchev–Trinajstić information content (AvgIpc) is 2.51. The highest BCUT2D eigenvalue weighted by Gasteiger charge is 2.20. The van der Waals surface area contributed by atoms with Gasteiger partial charge < -0.3 is 15.2 Å². The molecule has 0 saturated carbocycles. The van der Waals surface area contributed by atoms with E-state index < -0.39 is 0 Å². The molecule has 2 rings (SSSR count). The van der Waals surface area contributed by atoms with E-state index in [1.165, 1.54) is 11.1 Å². The molecule has 0 bridgehead atoms. The molecule has 2 N–H and O–H groups in total. The van der Waals surface area contributed by atoms with Crippen molar-refractivity contribution < 1.29 is 9.84 Å². The molecule has 1 aromatic rings. The fourth-order valence-corrected chi connectivity index (χ4v) is 2.25. The van der Waals surface area contributed by atoms with Crippen molar-refractivity contribution in [2.75, 3.05) is 13.2 Å². The molecule has 1 aromatic carbocycles. The zero-order valence-corrected chi connectivity index (χ0v) is 10.6. The first-order valence-electron chi connectivity index (χ1n) is 6.31. The summed E-state index contributed by atoms with van der Waals surface area (Å²) in [7, 11) is 0. The van der Waals surface area contributed by atoms with Crippen LogP contribution in [0.15, 0.2) is 18.2 Å². The number of ether oxygens (including phenoxy) is 1. The maximum Gasteiger partial charge on any atom is 0.124 e. The van der Waals surface area contributed by atoms with Crippen LogP contribution in [0, 0.1) is 6.92 Å². The van der Waals surface area contributed by atoms with Crippen LogP contribution in [0.5, 0.6) is 5.75 Å². The largest absolute Gasteiger partial charge is 0.493 e. The van der Waals surface area contributed by atoms with Gasteiger partial charge in [-0.15, -0.1) is 0 Å². The highest BCUT2D eigenvalue weighted by molar-refractivity contribution is 5.40. The lowest BCUT2D eigenvalue weighted by Crippen LogP contribution is -2.33. The van der Waals surface area contributed by atoms with Gasteiger partial charge in [0.25, 0.3) is 0 Å². The van der Waals surface area contributed by atoms with E-state index in [1.807, 2.05) is 6.92 Å². The van der Waals surface area contributed by atoms with Gasteiger partial charge in [-0.25, -0.2) is 0 Å². The predicted molar refractivity (Wildman–Crippen MR) is 68.3 cm³/mol. The molecule has 2 atom stereocenters. The number of fused-ring (bicyclic) bond motifs is 1. The Balaban J connectivity index is 2.23. The molecule has 0 aliphatic carbocycles. The Hall–Kier alpha value is -1.06. The quantitative estimate of drug-likeness (QED) is 0.843. The number of nitrogens with one attached hydrogen (secondary N) is 1. The van der Waals surface area contributed by atoms with Crippen LogP contribution in [-0.2, 0) is 0 Å². The molecule has 0 fully saturated rings. The normalized spacial score (nSPS) is 21.2. The number of benzene rings is 1. The summed E-state index contributed by atoms with van der Waals surface area (Å²) in [6, 6.07) is 6.75. The van der Waals surface area contributed by atoms with E-state index >= 15 is 0 Å². The maximum atomic E-state index is 9.13. The minimum atomic E-state index is 0.118. The van der Waals surface area contributed by atoms with E-state index in [2.05, 4.69) is 30.4 Å². The van der Waals surface area contributed by atoms with E-state index in [4.69, 9.17) is 9.84 Å². The van der Waals surface area contributed by atoms with Gasteiger partial charge in [-0.1, -0.05) is 12.1 Å². The number of aryl methyl sites for hydroxylation is 1. The molecule has 0 aromatic heterocycles. The molecule has 0 amide bonds. The third kappa shape index (κ3) is 2.99. The van der Waals surface area contributed by atoms with Crippen molar-refractivity contribution in [2.45, 2.75) is 38.8 Å². The standard InChI is InChI=1S/C14H21NO2/c1-10-5-6-12-13(15-11(2)9-16)4-3-7-17-14(12)8-10/h5-6,8,11,13,15-16H,3-4,7,9H2,1-2H3/t11-,13?/m1/s1. The summed E-state index contributed by atoms with van der Waals surface area (Å²) in [5.41, 5.74) is 2.44. The molecule has 0 spiro atoms. The lowest BCUT2D eigenvalue weighted by Gasteiger charge is -2.22. The van der Waals surface area contributed by atoms with Crippen LogP contribution in [0.2, 0.25) is 0 Å². The molecule has 0 radical (unpaired) electrons. The van der Waals surface area contributed by atoms with Gasteiger partial charge in [0, 0.05) is 17.6 Å². The van der Waals surface area contributed by atoms with Gasteiger partial charge in [0.1, 0.15) is 5.75 Å².